The Hall–Kier alpha value is -2.42. The molecule has 0 aliphatic heterocycles. The second kappa shape index (κ2) is 8.00. The summed E-state index contributed by atoms with van der Waals surface area (Å²) in [7, 11) is 1.54. The quantitative estimate of drug-likeness (QED) is 0.858. The first-order valence-electron chi connectivity index (χ1n) is 6.74. The van der Waals surface area contributed by atoms with Gasteiger partial charge >= 0.3 is 0 Å². The van der Waals surface area contributed by atoms with Gasteiger partial charge in [-0.05, 0) is 49.6 Å². The monoisotopic (exact) mass is 286 g/mol. The van der Waals surface area contributed by atoms with Crippen LogP contribution in [0.15, 0.2) is 42.5 Å². The molecule has 21 heavy (non-hydrogen) atoms. The number of methoxy groups -OCH3 is 1. The largest absolute Gasteiger partial charge is 0.507 e. The predicted molar refractivity (Wildman–Crippen MR) is 86.9 cm³/mol. The summed E-state index contributed by atoms with van der Waals surface area (Å²) in [5, 5.41) is 18.5. The number of hydrogen-bond acceptors (Lipinski definition) is 3. The van der Waals surface area contributed by atoms with Gasteiger partial charge in [-0.3, -0.25) is 0 Å². The number of phenolic OH excluding ortho intramolecular Hbond substituents is 2. The molecule has 0 aromatic heterocycles. The van der Waals surface area contributed by atoms with Crippen molar-refractivity contribution < 1.29 is 14.9 Å². The maximum Gasteiger partial charge on any atom is 0.161 e. The van der Waals surface area contributed by atoms with E-state index in [9.17, 15) is 10.2 Å². The molecule has 0 amide bonds. The minimum Gasteiger partial charge on any atom is -0.507 e. The zero-order chi connectivity index (χ0) is 15.8. The minimum atomic E-state index is 0.172. The Balaban J connectivity index is 0.000000219. The highest BCUT2D eigenvalue weighted by atomic mass is 16.5. The van der Waals surface area contributed by atoms with Crippen LogP contribution in [0.2, 0.25) is 0 Å². The van der Waals surface area contributed by atoms with Crippen molar-refractivity contribution in [1.29, 1.82) is 0 Å². The fourth-order valence-corrected chi connectivity index (χ4v) is 1.80. The molecule has 0 aliphatic carbocycles. The van der Waals surface area contributed by atoms with Crippen molar-refractivity contribution in [2.75, 3.05) is 7.11 Å². The highest BCUT2D eigenvalue weighted by Crippen LogP contribution is 2.26. The van der Waals surface area contributed by atoms with E-state index in [1.54, 1.807) is 12.1 Å². The third-order valence-electron chi connectivity index (χ3n) is 3.00. The summed E-state index contributed by atoms with van der Waals surface area (Å²) in [6.07, 6.45) is 3.88. The average molecular weight is 286 g/mol. The van der Waals surface area contributed by atoms with E-state index in [4.69, 9.17) is 4.74 Å². The number of ether oxygens (including phenoxy) is 1. The number of rotatable bonds is 2. The third-order valence-corrected chi connectivity index (χ3v) is 3.00. The lowest BCUT2D eigenvalue weighted by atomic mass is 10.1. The van der Waals surface area contributed by atoms with Gasteiger partial charge < -0.3 is 14.9 Å². The number of hydrogen-bond donors (Lipinski definition) is 2. The van der Waals surface area contributed by atoms with Gasteiger partial charge in [0.2, 0.25) is 0 Å². The molecule has 0 aliphatic rings. The van der Waals surface area contributed by atoms with E-state index in [0.29, 0.717) is 11.5 Å². The number of aryl methyl sites for hydroxylation is 2. The Morgan fingerprint density at radius 2 is 1.62 bits per heavy atom. The van der Waals surface area contributed by atoms with Crippen molar-refractivity contribution in [1.82, 2.24) is 0 Å². The van der Waals surface area contributed by atoms with E-state index in [1.165, 1.54) is 7.11 Å². The normalized spacial score (nSPS) is 10.1. The standard InChI is InChI=1S/C10H12O2.C8H10O/c1-3-4-8-5-6-9(11)10(7-8)12-2;1-6-4-3-5-7(2)8(6)9/h3-7,11H,1-2H3;3-5,9H,1-2H3/b4-3-;. The number of aromatic hydroxyl groups is 2. The molecular formula is C18H22O3. The Kier molecular flexibility index (Phi) is 6.34. The molecule has 0 bridgehead atoms. The van der Waals surface area contributed by atoms with Crippen LogP contribution < -0.4 is 4.74 Å². The molecule has 0 radical (unpaired) electrons. The van der Waals surface area contributed by atoms with Gasteiger partial charge in [-0.2, -0.15) is 0 Å². The van der Waals surface area contributed by atoms with Gasteiger partial charge in [-0.25, -0.2) is 0 Å². The zero-order valence-corrected chi connectivity index (χ0v) is 12.9. The number of phenols is 2. The Labute approximate surface area is 126 Å². The van der Waals surface area contributed by atoms with Crippen molar-refractivity contribution in [2.45, 2.75) is 20.8 Å². The van der Waals surface area contributed by atoms with E-state index < -0.39 is 0 Å². The van der Waals surface area contributed by atoms with Gasteiger partial charge in [0, 0.05) is 0 Å². The summed E-state index contributed by atoms with van der Waals surface area (Å²) >= 11 is 0. The van der Waals surface area contributed by atoms with Crippen LogP contribution in [0.1, 0.15) is 23.6 Å². The molecule has 3 nitrogen and oxygen atoms in total. The van der Waals surface area contributed by atoms with Gasteiger partial charge in [-0.15, -0.1) is 0 Å². The maximum absolute atomic E-state index is 9.25. The lowest BCUT2D eigenvalue weighted by Gasteiger charge is -2.03. The highest BCUT2D eigenvalue weighted by Gasteiger charge is 1.99. The summed E-state index contributed by atoms with van der Waals surface area (Å²) in [6.45, 7) is 5.73. The number of allylic oxidation sites excluding steroid dienone is 1. The third kappa shape index (κ3) is 4.88. The van der Waals surface area contributed by atoms with E-state index in [-0.39, 0.29) is 5.75 Å². The molecule has 2 aromatic rings. The molecule has 0 spiro atoms. The maximum atomic E-state index is 9.25. The van der Waals surface area contributed by atoms with E-state index in [0.717, 1.165) is 16.7 Å². The second-order valence-electron chi connectivity index (χ2n) is 4.67. The Morgan fingerprint density at radius 3 is 2.10 bits per heavy atom. The summed E-state index contributed by atoms with van der Waals surface area (Å²) < 4.78 is 4.95. The van der Waals surface area contributed by atoms with Crippen LogP contribution in [0.4, 0.5) is 0 Å². The molecule has 112 valence electrons. The molecule has 0 fully saturated rings. The van der Waals surface area contributed by atoms with E-state index >= 15 is 0 Å². The minimum absolute atomic E-state index is 0.172. The van der Waals surface area contributed by atoms with Crippen LogP contribution in [-0.4, -0.2) is 17.3 Å². The van der Waals surface area contributed by atoms with Gasteiger partial charge in [0.1, 0.15) is 5.75 Å². The summed E-state index contributed by atoms with van der Waals surface area (Å²) in [6, 6.07) is 11.0. The highest BCUT2D eigenvalue weighted by molar-refractivity contribution is 5.55. The molecule has 0 heterocycles. The van der Waals surface area contributed by atoms with Gasteiger partial charge in [0.15, 0.2) is 11.5 Å². The molecule has 0 atom stereocenters. The SMILES string of the molecule is C/C=C\c1ccc(O)c(OC)c1.Cc1cccc(C)c1O. The molecule has 2 rings (SSSR count). The molecular weight excluding hydrogens is 264 g/mol. The van der Waals surface area contributed by atoms with Crippen molar-refractivity contribution in [2.24, 2.45) is 0 Å². The second-order valence-corrected chi connectivity index (χ2v) is 4.67. The zero-order valence-electron chi connectivity index (χ0n) is 12.9. The Bertz CT molecular complexity index is 596. The van der Waals surface area contributed by atoms with E-state index in [2.05, 4.69) is 0 Å². The lowest BCUT2D eigenvalue weighted by Crippen LogP contribution is -1.83. The summed E-state index contributed by atoms with van der Waals surface area (Å²) in [4.78, 5) is 0. The topological polar surface area (TPSA) is 49.7 Å². The fraction of sp³-hybridized carbons (Fsp3) is 0.222. The molecule has 0 unspecified atom stereocenters. The molecule has 2 N–H and O–H groups in total. The smallest absolute Gasteiger partial charge is 0.161 e. The summed E-state index contributed by atoms with van der Waals surface area (Å²) in [5.41, 5.74) is 2.90. The molecule has 2 aromatic carbocycles. The first-order chi connectivity index (χ1) is 9.99. The van der Waals surface area contributed by atoms with Crippen molar-refractivity contribution in [3.05, 3.63) is 59.2 Å². The first kappa shape index (κ1) is 16.6. The van der Waals surface area contributed by atoms with Crippen LogP contribution in [0, 0.1) is 13.8 Å². The fourth-order valence-electron chi connectivity index (χ4n) is 1.80. The van der Waals surface area contributed by atoms with Crippen LogP contribution in [0.25, 0.3) is 6.08 Å². The van der Waals surface area contributed by atoms with Crippen LogP contribution in [0.3, 0.4) is 0 Å². The number of para-hydroxylation sites is 1. The van der Waals surface area contributed by atoms with Crippen molar-refractivity contribution in [3.8, 4) is 17.2 Å². The van der Waals surface area contributed by atoms with Crippen molar-refractivity contribution >= 4 is 6.08 Å². The lowest BCUT2D eigenvalue weighted by molar-refractivity contribution is 0.373. The van der Waals surface area contributed by atoms with Gasteiger partial charge in [0.25, 0.3) is 0 Å². The number of benzene rings is 2. The first-order valence-corrected chi connectivity index (χ1v) is 6.74. The van der Waals surface area contributed by atoms with Crippen LogP contribution in [0.5, 0.6) is 17.2 Å². The predicted octanol–water partition coefficient (Wildman–Crippen LogP) is 4.44. The average Bonchev–Trinajstić information content (AvgIpc) is 2.47. The van der Waals surface area contributed by atoms with Crippen molar-refractivity contribution in [3.63, 3.8) is 0 Å². The molecule has 0 saturated heterocycles. The molecule has 0 saturated carbocycles. The van der Waals surface area contributed by atoms with Gasteiger partial charge in [0.05, 0.1) is 7.11 Å². The van der Waals surface area contributed by atoms with E-state index in [1.807, 2.05) is 57.2 Å². The van der Waals surface area contributed by atoms with Crippen LogP contribution >= 0.6 is 0 Å². The molecule has 3 heteroatoms. The van der Waals surface area contributed by atoms with Crippen LogP contribution in [-0.2, 0) is 0 Å². The Morgan fingerprint density at radius 1 is 1.00 bits per heavy atom. The van der Waals surface area contributed by atoms with Gasteiger partial charge in [-0.1, -0.05) is 36.4 Å². The summed E-state index contributed by atoms with van der Waals surface area (Å²) in [5.74, 6) is 1.09.